The van der Waals surface area contributed by atoms with Crippen LogP contribution in [0.5, 0.6) is 0 Å². The fourth-order valence-electron chi connectivity index (χ4n) is 1.94. The Kier molecular flexibility index (Phi) is 2.24. The van der Waals surface area contributed by atoms with Gasteiger partial charge in [-0.3, -0.25) is 0 Å². The molecule has 0 aromatic heterocycles. The van der Waals surface area contributed by atoms with E-state index in [2.05, 4.69) is 13.8 Å². The first-order valence-electron chi connectivity index (χ1n) is 4.22. The molecule has 0 saturated heterocycles. The van der Waals surface area contributed by atoms with Crippen molar-refractivity contribution in [3.63, 3.8) is 0 Å². The highest BCUT2D eigenvalue weighted by Crippen LogP contribution is 2.54. The molecule has 1 saturated carbocycles. The minimum atomic E-state index is -0.596. The second-order valence-electron chi connectivity index (χ2n) is 4.45. The summed E-state index contributed by atoms with van der Waals surface area (Å²) in [5.74, 6) is 1.40. The van der Waals surface area contributed by atoms with Crippen LogP contribution in [0, 0.1) is 17.8 Å². The van der Waals surface area contributed by atoms with Gasteiger partial charge in [0.15, 0.2) is 0 Å². The number of rotatable bonds is 2. The number of hydrogen-bond donors (Lipinski definition) is 1. The molecule has 0 heterocycles. The van der Waals surface area contributed by atoms with Crippen LogP contribution < -0.4 is 0 Å². The van der Waals surface area contributed by atoms with Gasteiger partial charge in [0.05, 0.1) is 5.60 Å². The predicted octanol–water partition coefficient (Wildman–Crippen LogP) is 2.27. The number of aliphatic hydroxyl groups is 1. The Balaban J connectivity index is 2.55. The minimum absolute atomic E-state index is 0.190. The maximum atomic E-state index is 9.66. The highest BCUT2D eigenvalue weighted by molar-refractivity contribution is 6.23. The van der Waals surface area contributed by atoms with E-state index < -0.39 is 5.60 Å². The van der Waals surface area contributed by atoms with Crippen molar-refractivity contribution in [1.29, 1.82) is 0 Å². The van der Waals surface area contributed by atoms with Crippen molar-refractivity contribution in [2.45, 2.75) is 38.7 Å². The molecule has 0 radical (unpaired) electrons. The van der Waals surface area contributed by atoms with Gasteiger partial charge in [0.2, 0.25) is 0 Å². The third-order valence-electron chi connectivity index (χ3n) is 2.57. The Morgan fingerprint density at radius 2 is 1.82 bits per heavy atom. The van der Waals surface area contributed by atoms with E-state index in [-0.39, 0.29) is 5.38 Å². The summed E-state index contributed by atoms with van der Waals surface area (Å²) in [5.41, 5.74) is -0.596. The number of hydrogen-bond acceptors (Lipinski definition) is 1. The smallest absolute Gasteiger partial charge is 0.0637 e. The quantitative estimate of drug-likeness (QED) is 0.641. The Morgan fingerprint density at radius 1 is 1.36 bits per heavy atom. The van der Waals surface area contributed by atoms with Crippen LogP contribution in [0.4, 0.5) is 0 Å². The van der Waals surface area contributed by atoms with Crippen molar-refractivity contribution in [2.75, 3.05) is 0 Å². The molecule has 0 amide bonds. The molecule has 2 heteroatoms. The molecule has 1 nitrogen and oxygen atoms in total. The second kappa shape index (κ2) is 2.63. The summed E-state index contributed by atoms with van der Waals surface area (Å²) in [6, 6.07) is 0. The van der Waals surface area contributed by atoms with Gasteiger partial charge in [-0.2, -0.15) is 0 Å². The molecular formula is C9H17ClO. The van der Waals surface area contributed by atoms with Gasteiger partial charge >= 0.3 is 0 Å². The number of alkyl halides is 1. The van der Waals surface area contributed by atoms with Crippen molar-refractivity contribution in [1.82, 2.24) is 0 Å². The molecule has 1 aliphatic rings. The maximum absolute atomic E-state index is 9.66. The van der Waals surface area contributed by atoms with Crippen LogP contribution in [0.2, 0.25) is 0 Å². The molecule has 1 N–H and O–H groups in total. The molecule has 11 heavy (non-hydrogen) atoms. The van der Waals surface area contributed by atoms with Gasteiger partial charge in [-0.1, -0.05) is 13.8 Å². The van der Waals surface area contributed by atoms with Crippen molar-refractivity contribution >= 4 is 11.6 Å². The average Bonchev–Trinajstić information content (AvgIpc) is 2.38. The van der Waals surface area contributed by atoms with Crippen LogP contribution in [0.1, 0.15) is 27.7 Å². The highest BCUT2D eigenvalue weighted by atomic mass is 35.5. The highest BCUT2D eigenvalue weighted by Gasteiger charge is 2.57. The summed E-state index contributed by atoms with van der Waals surface area (Å²) in [4.78, 5) is 0. The first-order valence-corrected chi connectivity index (χ1v) is 4.65. The maximum Gasteiger partial charge on any atom is 0.0637 e. The van der Waals surface area contributed by atoms with Gasteiger partial charge < -0.3 is 5.11 Å². The summed E-state index contributed by atoms with van der Waals surface area (Å²) in [6.45, 7) is 8.00. The lowest BCUT2D eigenvalue weighted by atomic mass is 9.97. The molecule has 0 aromatic carbocycles. The molecule has 1 fully saturated rings. The Labute approximate surface area is 73.8 Å². The van der Waals surface area contributed by atoms with Crippen LogP contribution in [0.15, 0.2) is 0 Å². The SMILES string of the molecule is CC(C)[C@@H]1[C@H](Cl)[C@H]1C(C)(C)O. The van der Waals surface area contributed by atoms with Crippen molar-refractivity contribution in [2.24, 2.45) is 17.8 Å². The molecule has 0 aliphatic heterocycles. The molecule has 0 spiro atoms. The third-order valence-corrected chi connectivity index (χ3v) is 3.13. The van der Waals surface area contributed by atoms with E-state index in [0.717, 1.165) is 0 Å². The number of halogens is 1. The summed E-state index contributed by atoms with van der Waals surface area (Å²) in [7, 11) is 0. The van der Waals surface area contributed by atoms with E-state index in [1.54, 1.807) is 0 Å². The van der Waals surface area contributed by atoms with Crippen LogP contribution >= 0.6 is 11.6 Å². The summed E-state index contributed by atoms with van der Waals surface area (Å²) in [6.07, 6.45) is 0. The zero-order chi connectivity index (χ0) is 8.81. The van der Waals surface area contributed by atoms with Crippen LogP contribution in [0.3, 0.4) is 0 Å². The van der Waals surface area contributed by atoms with Gasteiger partial charge in [-0.05, 0) is 25.7 Å². The van der Waals surface area contributed by atoms with Crippen molar-refractivity contribution in [3.05, 3.63) is 0 Å². The first-order chi connectivity index (χ1) is 4.85. The van der Waals surface area contributed by atoms with Gasteiger partial charge in [-0.15, -0.1) is 11.6 Å². The molecule has 0 aromatic rings. The van der Waals surface area contributed by atoms with Gasteiger partial charge in [0, 0.05) is 11.3 Å². The normalized spacial score (nSPS) is 37.9. The topological polar surface area (TPSA) is 20.2 Å². The zero-order valence-corrected chi connectivity index (χ0v) is 8.39. The molecule has 1 aliphatic carbocycles. The Bertz CT molecular complexity index is 148. The van der Waals surface area contributed by atoms with Crippen LogP contribution in [-0.4, -0.2) is 16.1 Å². The van der Waals surface area contributed by atoms with E-state index in [1.165, 1.54) is 0 Å². The van der Waals surface area contributed by atoms with E-state index in [4.69, 9.17) is 11.6 Å². The summed E-state index contributed by atoms with van der Waals surface area (Å²) >= 11 is 6.04. The summed E-state index contributed by atoms with van der Waals surface area (Å²) in [5, 5.41) is 9.85. The minimum Gasteiger partial charge on any atom is -0.390 e. The average molecular weight is 177 g/mol. The first kappa shape index (κ1) is 9.34. The molecule has 0 bridgehead atoms. The Hall–Kier alpha value is 0.250. The van der Waals surface area contributed by atoms with Gasteiger partial charge in [-0.25, -0.2) is 0 Å². The fraction of sp³-hybridized carbons (Fsp3) is 1.00. The molecule has 3 atom stereocenters. The monoisotopic (exact) mass is 176 g/mol. The second-order valence-corrected chi connectivity index (χ2v) is 4.95. The standard InChI is InChI=1S/C9H17ClO/c1-5(2)6-7(8(6)10)9(3,4)11/h5-8,11H,1-4H3/t6-,7-,8-/m0/s1. The van der Waals surface area contributed by atoms with Crippen molar-refractivity contribution in [3.8, 4) is 0 Å². The predicted molar refractivity (Wildman–Crippen MR) is 47.8 cm³/mol. The van der Waals surface area contributed by atoms with Gasteiger partial charge in [0.25, 0.3) is 0 Å². The molecular weight excluding hydrogens is 160 g/mol. The largest absolute Gasteiger partial charge is 0.390 e. The van der Waals surface area contributed by atoms with E-state index in [9.17, 15) is 5.11 Å². The van der Waals surface area contributed by atoms with Crippen LogP contribution in [0.25, 0.3) is 0 Å². The zero-order valence-electron chi connectivity index (χ0n) is 7.63. The van der Waals surface area contributed by atoms with E-state index in [0.29, 0.717) is 17.8 Å². The summed E-state index contributed by atoms with van der Waals surface area (Å²) < 4.78 is 0. The lowest BCUT2D eigenvalue weighted by Crippen LogP contribution is -2.24. The van der Waals surface area contributed by atoms with Gasteiger partial charge in [0.1, 0.15) is 0 Å². The lowest BCUT2D eigenvalue weighted by molar-refractivity contribution is 0.0485. The Morgan fingerprint density at radius 3 is 1.91 bits per heavy atom. The third kappa shape index (κ3) is 1.70. The van der Waals surface area contributed by atoms with E-state index >= 15 is 0 Å². The fourth-order valence-corrected chi connectivity index (χ4v) is 2.78. The lowest BCUT2D eigenvalue weighted by Gasteiger charge is -2.17. The molecule has 1 rings (SSSR count). The molecule has 0 unspecified atom stereocenters. The van der Waals surface area contributed by atoms with Crippen LogP contribution in [-0.2, 0) is 0 Å². The van der Waals surface area contributed by atoms with E-state index in [1.807, 2.05) is 13.8 Å². The molecule has 66 valence electrons. The van der Waals surface area contributed by atoms with Crippen molar-refractivity contribution < 1.29 is 5.11 Å².